The van der Waals surface area contributed by atoms with E-state index in [1.807, 2.05) is 31.2 Å². The lowest BCUT2D eigenvalue weighted by atomic mass is 9.51. The molecule has 0 aliphatic heterocycles. The highest BCUT2D eigenvalue weighted by atomic mass is 16.5. The van der Waals surface area contributed by atoms with Crippen LogP contribution in [0.4, 0.5) is 0 Å². The second-order valence-electron chi connectivity index (χ2n) is 5.16. The number of benzene rings is 1. The van der Waals surface area contributed by atoms with Crippen molar-refractivity contribution in [3.8, 4) is 6.07 Å². The Bertz CT molecular complexity index is 572. The molecule has 0 bridgehead atoms. The maximum Gasteiger partial charge on any atom is 0.115 e. The third-order valence-corrected chi connectivity index (χ3v) is 4.41. The molecule has 98 valence electrons. The molecular formula is C16H17NO2. The predicted octanol–water partition coefficient (Wildman–Crippen LogP) is 2.26. The summed E-state index contributed by atoms with van der Waals surface area (Å²) in [6.45, 7) is 2.61. The number of nitriles is 1. The standard InChI is InChI=1S/C16H17NO2/c1-2-19-15-8-12-7-11(9-18)13-5-3-4-6-14(13)16(12,15)10-17/h3-7,12,15,18H,2,8-9H2,1H3/t12-,15+,16+/m0/s1. The number of rotatable bonds is 3. The van der Waals surface area contributed by atoms with Gasteiger partial charge in [-0.2, -0.15) is 5.26 Å². The number of ether oxygens (including phenoxy) is 1. The third-order valence-electron chi connectivity index (χ3n) is 4.41. The monoisotopic (exact) mass is 255 g/mol. The van der Waals surface area contributed by atoms with Gasteiger partial charge in [0.25, 0.3) is 0 Å². The molecule has 2 aliphatic rings. The van der Waals surface area contributed by atoms with Crippen LogP contribution in [-0.2, 0) is 10.2 Å². The summed E-state index contributed by atoms with van der Waals surface area (Å²) in [5, 5.41) is 19.3. The van der Waals surface area contributed by atoms with E-state index in [0.717, 1.165) is 23.1 Å². The van der Waals surface area contributed by atoms with E-state index in [0.29, 0.717) is 6.61 Å². The van der Waals surface area contributed by atoms with Gasteiger partial charge in [-0.25, -0.2) is 0 Å². The van der Waals surface area contributed by atoms with Gasteiger partial charge in [0, 0.05) is 12.5 Å². The first kappa shape index (κ1) is 12.4. The highest BCUT2D eigenvalue weighted by Gasteiger charge is 2.59. The van der Waals surface area contributed by atoms with Gasteiger partial charge in [0.15, 0.2) is 0 Å². The van der Waals surface area contributed by atoms with Crippen molar-refractivity contribution in [3.63, 3.8) is 0 Å². The highest BCUT2D eigenvalue weighted by molar-refractivity contribution is 5.75. The van der Waals surface area contributed by atoms with E-state index in [1.54, 1.807) is 0 Å². The van der Waals surface area contributed by atoms with E-state index in [2.05, 4.69) is 12.1 Å². The van der Waals surface area contributed by atoms with E-state index >= 15 is 0 Å². The van der Waals surface area contributed by atoms with Crippen molar-refractivity contribution in [3.05, 3.63) is 41.5 Å². The quantitative estimate of drug-likeness (QED) is 0.901. The minimum Gasteiger partial charge on any atom is -0.392 e. The molecule has 2 aliphatic carbocycles. The molecule has 3 atom stereocenters. The van der Waals surface area contributed by atoms with Crippen LogP contribution in [0.15, 0.2) is 30.3 Å². The zero-order chi connectivity index (χ0) is 13.5. The number of fused-ring (bicyclic) bond motifs is 3. The molecule has 0 heterocycles. The summed E-state index contributed by atoms with van der Waals surface area (Å²) in [7, 11) is 0. The first-order valence-electron chi connectivity index (χ1n) is 6.72. The first-order valence-corrected chi connectivity index (χ1v) is 6.72. The van der Waals surface area contributed by atoms with Crippen molar-refractivity contribution in [2.75, 3.05) is 13.2 Å². The Kier molecular flexibility index (Phi) is 2.93. The molecule has 0 spiro atoms. The van der Waals surface area contributed by atoms with Gasteiger partial charge in [-0.1, -0.05) is 30.3 Å². The fourth-order valence-electron chi connectivity index (χ4n) is 3.46. The second kappa shape index (κ2) is 4.48. The first-order chi connectivity index (χ1) is 9.27. The zero-order valence-corrected chi connectivity index (χ0v) is 11.0. The lowest BCUT2D eigenvalue weighted by Crippen LogP contribution is -2.58. The van der Waals surface area contributed by atoms with Gasteiger partial charge in [-0.05, 0) is 30.0 Å². The fourth-order valence-corrected chi connectivity index (χ4v) is 3.46. The summed E-state index contributed by atoms with van der Waals surface area (Å²) in [5.41, 5.74) is 2.37. The number of hydrogen-bond donors (Lipinski definition) is 1. The molecule has 3 heteroatoms. The maximum absolute atomic E-state index is 9.75. The Morgan fingerprint density at radius 1 is 1.47 bits per heavy atom. The topological polar surface area (TPSA) is 53.2 Å². The molecule has 0 radical (unpaired) electrons. The molecule has 3 nitrogen and oxygen atoms in total. The minimum absolute atomic E-state index is 0.0221. The summed E-state index contributed by atoms with van der Waals surface area (Å²) in [6.07, 6.45) is 2.88. The second-order valence-corrected chi connectivity index (χ2v) is 5.16. The number of allylic oxidation sites excluding steroid dienone is 1. The average Bonchev–Trinajstić information content (AvgIpc) is 2.44. The van der Waals surface area contributed by atoms with E-state index in [-0.39, 0.29) is 18.6 Å². The van der Waals surface area contributed by atoms with Crippen LogP contribution in [0.1, 0.15) is 24.5 Å². The molecule has 1 fully saturated rings. The van der Waals surface area contributed by atoms with Crippen LogP contribution >= 0.6 is 0 Å². The maximum atomic E-state index is 9.75. The van der Waals surface area contributed by atoms with E-state index < -0.39 is 5.41 Å². The van der Waals surface area contributed by atoms with Crippen molar-refractivity contribution in [2.24, 2.45) is 5.92 Å². The van der Waals surface area contributed by atoms with Crippen LogP contribution in [0, 0.1) is 17.2 Å². The Hall–Kier alpha value is -1.63. The van der Waals surface area contributed by atoms with Gasteiger partial charge < -0.3 is 9.84 Å². The highest BCUT2D eigenvalue weighted by Crippen LogP contribution is 2.55. The van der Waals surface area contributed by atoms with E-state index in [4.69, 9.17) is 4.74 Å². The Morgan fingerprint density at radius 2 is 2.26 bits per heavy atom. The average molecular weight is 255 g/mol. The SMILES string of the molecule is CCO[C@@H]1C[C@@H]2C=C(CO)c3ccccc3[C@@]21C#N. The van der Waals surface area contributed by atoms with Crippen LogP contribution in [0.2, 0.25) is 0 Å². The van der Waals surface area contributed by atoms with Gasteiger partial charge >= 0.3 is 0 Å². The lowest BCUT2D eigenvalue weighted by Gasteiger charge is -2.53. The summed E-state index contributed by atoms with van der Waals surface area (Å²) in [6, 6.07) is 10.4. The Balaban J connectivity index is 2.14. The molecule has 0 amide bonds. The number of aliphatic hydroxyl groups is 1. The van der Waals surface area contributed by atoms with Gasteiger partial charge in [0.2, 0.25) is 0 Å². The fraction of sp³-hybridized carbons (Fsp3) is 0.438. The number of hydrogen-bond acceptors (Lipinski definition) is 3. The lowest BCUT2D eigenvalue weighted by molar-refractivity contribution is -0.0667. The molecule has 0 aromatic heterocycles. The molecule has 1 N–H and O–H groups in total. The Labute approximate surface area is 113 Å². The summed E-state index contributed by atoms with van der Waals surface area (Å²) < 4.78 is 5.75. The molecule has 1 aromatic rings. The van der Waals surface area contributed by atoms with E-state index in [9.17, 15) is 10.4 Å². The molecule has 1 saturated carbocycles. The van der Waals surface area contributed by atoms with Gasteiger partial charge in [-0.3, -0.25) is 0 Å². The van der Waals surface area contributed by atoms with Crippen molar-refractivity contribution in [1.82, 2.24) is 0 Å². The molecule has 3 rings (SSSR count). The normalized spacial score (nSPS) is 31.5. The number of nitrogens with zero attached hydrogens (tertiary/aromatic N) is 1. The molecule has 0 saturated heterocycles. The number of aliphatic hydroxyl groups excluding tert-OH is 1. The van der Waals surface area contributed by atoms with Gasteiger partial charge in [0.1, 0.15) is 5.41 Å². The van der Waals surface area contributed by atoms with Crippen LogP contribution in [0.5, 0.6) is 0 Å². The van der Waals surface area contributed by atoms with Gasteiger partial charge in [-0.15, -0.1) is 0 Å². The minimum atomic E-state index is -0.564. The molecule has 19 heavy (non-hydrogen) atoms. The van der Waals surface area contributed by atoms with E-state index in [1.165, 1.54) is 0 Å². The Morgan fingerprint density at radius 3 is 2.95 bits per heavy atom. The van der Waals surface area contributed by atoms with Gasteiger partial charge in [0.05, 0.1) is 18.8 Å². The summed E-state index contributed by atoms with van der Waals surface area (Å²) >= 11 is 0. The molecule has 1 aromatic carbocycles. The molecular weight excluding hydrogens is 238 g/mol. The van der Waals surface area contributed by atoms with Crippen LogP contribution in [-0.4, -0.2) is 24.4 Å². The molecule has 0 unspecified atom stereocenters. The summed E-state index contributed by atoms with van der Waals surface area (Å²) in [5.74, 6) is 0.158. The largest absolute Gasteiger partial charge is 0.392 e. The predicted molar refractivity (Wildman–Crippen MR) is 72.3 cm³/mol. The third kappa shape index (κ3) is 1.51. The van der Waals surface area contributed by atoms with Crippen molar-refractivity contribution in [1.29, 1.82) is 5.26 Å². The zero-order valence-electron chi connectivity index (χ0n) is 11.0. The van der Waals surface area contributed by atoms with Crippen LogP contribution in [0.3, 0.4) is 0 Å². The summed E-state index contributed by atoms with van der Waals surface area (Å²) in [4.78, 5) is 0. The smallest absolute Gasteiger partial charge is 0.115 e. The van der Waals surface area contributed by atoms with Crippen LogP contribution < -0.4 is 0 Å². The van der Waals surface area contributed by atoms with Crippen LogP contribution in [0.25, 0.3) is 5.57 Å². The van der Waals surface area contributed by atoms with Crippen molar-refractivity contribution in [2.45, 2.75) is 24.9 Å². The van der Waals surface area contributed by atoms with Crippen molar-refractivity contribution >= 4 is 5.57 Å². The van der Waals surface area contributed by atoms with Crippen molar-refractivity contribution < 1.29 is 9.84 Å².